The van der Waals surface area contributed by atoms with E-state index in [1.165, 1.54) is 0 Å². The summed E-state index contributed by atoms with van der Waals surface area (Å²) in [5.41, 5.74) is 2.47. The van der Waals surface area contributed by atoms with Gasteiger partial charge in [0, 0.05) is 11.3 Å². The molecular formula is C17H15NO. The third-order valence-electron chi connectivity index (χ3n) is 2.99. The van der Waals surface area contributed by atoms with Crippen molar-refractivity contribution < 1.29 is 4.79 Å². The first-order valence-corrected chi connectivity index (χ1v) is 6.13. The molecule has 0 aliphatic rings. The molecule has 2 aromatic rings. The Bertz CT molecular complexity index is 611. The van der Waals surface area contributed by atoms with Crippen molar-refractivity contribution in [3.05, 3.63) is 65.7 Å². The summed E-state index contributed by atoms with van der Waals surface area (Å²) >= 11 is 0. The number of hydrogen-bond donors (Lipinski definition) is 1. The lowest BCUT2D eigenvalue weighted by Crippen LogP contribution is -2.18. The number of carbonyl (C=O) groups excluding carboxylic acids is 1. The molecule has 0 aliphatic carbocycles. The molecule has 2 heteroatoms. The van der Waals surface area contributed by atoms with E-state index < -0.39 is 0 Å². The lowest BCUT2D eigenvalue weighted by Gasteiger charge is -2.12. The average molecular weight is 249 g/mol. The number of anilines is 1. The van der Waals surface area contributed by atoms with E-state index in [1.54, 1.807) is 6.07 Å². The van der Waals surface area contributed by atoms with Crippen molar-refractivity contribution in [1.82, 2.24) is 0 Å². The van der Waals surface area contributed by atoms with E-state index in [2.05, 4.69) is 11.2 Å². The Morgan fingerprint density at radius 2 is 1.89 bits per heavy atom. The van der Waals surface area contributed by atoms with Gasteiger partial charge in [0.25, 0.3) is 0 Å². The number of rotatable bonds is 3. The monoisotopic (exact) mass is 249 g/mol. The maximum atomic E-state index is 12.1. The first-order valence-electron chi connectivity index (χ1n) is 6.13. The largest absolute Gasteiger partial charge is 0.326 e. The molecule has 0 fully saturated rings. The van der Waals surface area contributed by atoms with Crippen LogP contribution in [-0.4, -0.2) is 5.91 Å². The molecule has 19 heavy (non-hydrogen) atoms. The smallest absolute Gasteiger partial charge is 0.231 e. The molecule has 2 aromatic carbocycles. The second kappa shape index (κ2) is 5.88. The van der Waals surface area contributed by atoms with E-state index in [-0.39, 0.29) is 11.8 Å². The number of terminal acetylenes is 1. The van der Waals surface area contributed by atoms with E-state index in [1.807, 2.05) is 55.5 Å². The molecule has 1 N–H and O–H groups in total. The molecular weight excluding hydrogens is 234 g/mol. The fraction of sp³-hybridized carbons (Fsp3) is 0.118. The molecule has 0 saturated carbocycles. The molecule has 1 atom stereocenters. The highest BCUT2D eigenvalue weighted by molar-refractivity contribution is 5.95. The van der Waals surface area contributed by atoms with Gasteiger partial charge in [-0.3, -0.25) is 4.79 Å². The summed E-state index contributed by atoms with van der Waals surface area (Å²) in [6.45, 7) is 1.88. The molecule has 1 unspecified atom stereocenters. The van der Waals surface area contributed by atoms with Crippen LogP contribution >= 0.6 is 0 Å². The second-order valence-corrected chi connectivity index (χ2v) is 4.35. The summed E-state index contributed by atoms with van der Waals surface area (Å²) in [6.07, 6.45) is 5.34. The van der Waals surface area contributed by atoms with Crippen LogP contribution in [0.1, 0.15) is 24.0 Å². The van der Waals surface area contributed by atoms with Gasteiger partial charge < -0.3 is 5.32 Å². The Balaban J connectivity index is 2.11. The van der Waals surface area contributed by atoms with Gasteiger partial charge in [0.2, 0.25) is 5.91 Å². The van der Waals surface area contributed by atoms with Crippen LogP contribution in [0.25, 0.3) is 0 Å². The summed E-state index contributed by atoms with van der Waals surface area (Å²) in [5, 5.41) is 2.88. The van der Waals surface area contributed by atoms with Gasteiger partial charge in [-0.25, -0.2) is 0 Å². The molecule has 2 nitrogen and oxygen atoms in total. The van der Waals surface area contributed by atoms with E-state index in [0.29, 0.717) is 0 Å². The number of nitrogens with one attached hydrogen (secondary N) is 1. The van der Waals surface area contributed by atoms with Gasteiger partial charge in [-0.15, -0.1) is 6.42 Å². The average Bonchev–Trinajstić information content (AvgIpc) is 2.47. The van der Waals surface area contributed by atoms with Gasteiger partial charge in [-0.2, -0.15) is 0 Å². The number of amides is 1. The molecule has 2 rings (SSSR count). The molecule has 0 spiro atoms. The van der Waals surface area contributed by atoms with Crippen molar-refractivity contribution in [1.29, 1.82) is 0 Å². The predicted molar refractivity (Wildman–Crippen MR) is 77.9 cm³/mol. The van der Waals surface area contributed by atoms with E-state index >= 15 is 0 Å². The molecule has 0 aliphatic heterocycles. The molecule has 0 bridgehead atoms. The number of hydrogen-bond acceptors (Lipinski definition) is 1. The minimum absolute atomic E-state index is 0.0413. The Morgan fingerprint density at radius 3 is 2.58 bits per heavy atom. The van der Waals surface area contributed by atoms with Crippen LogP contribution in [0, 0.1) is 12.3 Å². The van der Waals surface area contributed by atoms with Gasteiger partial charge in [-0.1, -0.05) is 42.3 Å². The highest BCUT2D eigenvalue weighted by Gasteiger charge is 2.14. The van der Waals surface area contributed by atoms with Crippen LogP contribution in [0.2, 0.25) is 0 Å². The summed E-state index contributed by atoms with van der Waals surface area (Å²) in [4.78, 5) is 12.1. The van der Waals surface area contributed by atoms with Crippen LogP contribution in [-0.2, 0) is 4.79 Å². The third kappa shape index (κ3) is 3.23. The Kier molecular flexibility index (Phi) is 4.00. The third-order valence-corrected chi connectivity index (χ3v) is 2.99. The van der Waals surface area contributed by atoms with E-state index in [4.69, 9.17) is 6.42 Å². The first-order chi connectivity index (χ1) is 9.20. The maximum Gasteiger partial charge on any atom is 0.231 e. The SMILES string of the molecule is C#Cc1cccc(NC(=O)C(C)c2ccccc2)c1. The van der Waals surface area contributed by atoms with Crippen LogP contribution in [0.5, 0.6) is 0 Å². The lowest BCUT2D eigenvalue weighted by atomic mass is 10.0. The zero-order valence-electron chi connectivity index (χ0n) is 10.8. The predicted octanol–water partition coefficient (Wildman–Crippen LogP) is 3.41. The fourth-order valence-corrected chi connectivity index (χ4v) is 1.83. The van der Waals surface area contributed by atoms with Crippen molar-refractivity contribution >= 4 is 11.6 Å². The highest BCUT2D eigenvalue weighted by Crippen LogP contribution is 2.18. The molecule has 0 heterocycles. The van der Waals surface area contributed by atoms with Crippen molar-refractivity contribution in [3.63, 3.8) is 0 Å². The highest BCUT2D eigenvalue weighted by atomic mass is 16.1. The number of benzene rings is 2. The Morgan fingerprint density at radius 1 is 1.16 bits per heavy atom. The summed E-state index contributed by atoms with van der Waals surface area (Å²) in [7, 11) is 0. The maximum absolute atomic E-state index is 12.1. The molecule has 0 saturated heterocycles. The molecule has 0 aromatic heterocycles. The van der Waals surface area contributed by atoms with Gasteiger partial charge in [0.15, 0.2) is 0 Å². The van der Waals surface area contributed by atoms with Crippen LogP contribution in [0.4, 0.5) is 5.69 Å². The van der Waals surface area contributed by atoms with Gasteiger partial charge >= 0.3 is 0 Å². The van der Waals surface area contributed by atoms with E-state index in [9.17, 15) is 4.79 Å². The van der Waals surface area contributed by atoms with E-state index in [0.717, 1.165) is 16.8 Å². The zero-order valence-corrected chi connectivity index (χ0v) is 10.8. The second-order valence-electron chi connectivity index (χ2n) is 4.35. The van der Waals surface area contributed by atoms with Crippen molar-refractivity contribution in [2.45, 2.75) is 12.8 Å². The quantitative estimate of drug-likeness (QED) is 0.830. The van der Waals surface area contributed by atoms with Crippen LogP contribution in [0.15, 0.2) is 54.6 Å². The number of carbonyl (C=O) groups is 1. The fourth-order valence-electron chi connectivity index (χ4n) is 1.83. The molecule has 94 valence electrons. The summed E-state index contributed by atoms with van der Waals surface area (Å²) in [6, 6.07) is 17.0. The molecule has 0 radical (unpaired) electrons. The lowest BCUT2D eigenvalue weighted by molar-refractivity contribution is -0.117. The minimum atomic E-state index is -0.198. The summed E-state index contributed by atoms with van der Waals surface area (Å²) < 4.78 is 0. The van der Waals surface area contributed by atoms with Crippen molar-refractivity contribution in [2.24, 2.45) is 0 Å². The van der Waals surface area contributed by atoms with Gasteiger partial charge in [-0.05, 0) is 30.7 Å². The van der Waals surface area contributed by atoms with Crippen molar-refractivity contribution in [3.8, 4) is 12.3 Å². The standard InChI is InChI=1S/C17H15NO/c1-3-14-8-7-11-16(12-14)18-17(19)13(2)15-9-5-4-6-10-15/h1,4-13H,2H3,(H,18,19). The van der Waals surface area contributed by atoms with Gasteiger partial charge in [0.1, 0.15) is 0 Å². The normalized spacial score (nSPS) is 11.4. The topological polar surface area (TPSA) is 29.1 Å². The van der Waals surface area contributed by atoms with Gasteiger partial charge in [0.05, 0.1) is 5.92 Å². The van der Waals surface area contributed by atoms with Crippen molar-refractivity contribution in [2.75, 3.05) is 5.32 Å². The van der Waals surface area contributed by atoms with Crippen LogP contribution < -0.4 is 5.32 Å². The summed E-state index contributed by atoms with van der Waals surface area (Å²) in [5.74, 6) is 2.31. The first kappa shape index (κ1) is 12.9. The Labute approximate surface area is 113 Å². The molecule has 1 amide bonds. The Hall–Kier alpha value is -2.53. The zero-order chi connectivity index (χ0) is 13.7. The van der Waals surface area contributed by atoms with Crippen LogP contribution in [0.3, 0.4) is 0 Å². The minimum Gasteiger partial charge on any atom is -0.326 e.